The summed E-state index contributed by atoms with van der Waals surface area (Å²) in [4.78, 5) is 19.3. The first-order valence-corrected chi connectivity index (χ1v) is 13.9. The highest BCUT2D eigenvalue weighted by Gasteiger charge is 2.35. The van der Waals surface area contributed by atoms with Gasteiger partial charge in [-0.15, -0.1) is 0 Å². The van der Waals surface area contributed by atoms with Crippen LogP contribution >= 0.6 is 0 Å². The van der Waals surface area contributed by atoms with Crippen molar-refractivity contribution in [1.29, 1.82) is 0 Å². The molecule has 2 aromatic carbocycles. The largest absolute Gasteiger partial charge is 0.416 e. The summed E-state index contributed by atoms with van der Waals surface area (Å²) in [5.74, 6) is -0.266. The van der Waals surface area contributed by atoms with Crippen molar-refractivity contribution in [2.45, 2.75) is 38.4 Å². The lowest BCUT2D eigenvalue weighted by atomic mass is 9.98. The van der Waals surface area contributed by atoms with Gasteiger partial charge in [-0.3, -0.25) is 20.0 Å². The maximum Gasteiger partial charge on any atom is 0.416 e. The number of hydrogen-bond acceptors (Lipinski definition) is 8. The highest BCUT2D eigenvalue weighted by molar-refractivity contribution is 6.04. The highest BCUT2D eigenvalue weighted by atomic mass is 19.4. The minimum absolute atomic E-state index is 0.0412. The fraction of sp³-hybridized carbons (Fsp3) is 0.448. The lowest BCUT2D eigenvalue weighted by Crippen LogP contribution is -2.51. The van der Waals surface area contributed by atoms with Crippen LogP contribution in [-0.2, 0) is 12.7 Å². The summed E-state index contributed by atoms with van der Waals surface area (Å²) < 4.78 is 42.0. The molecule has 1 fully saturated rings. The van der Waals surface area contributed by atoms with Crippen LogP contribution in [-0.4, -0.2) is 69.2 Å². The van der Waals surface area contributed by atoms with Crippen LogP contribution in [0.4, 0.5) is 24.5 Å². The van der Waals surface area contributed by atoms with Crippen molar-refractivity contribution in [2.24, 2.45) is 10.9 Å². The van der Waals surface area contributed by atoms with Gasteiger partial charge < -0.3 is 26.6 Å². The molecule has 41 heavy (non-hydrogen) atoms. The van der Waals surface area contributed by atoms with Crippen molar-refractivity contribution in [3.05, 3.63) is 70.4 Å². The molecule has 0 spiro atoms. The van der Waals surface area contributed by atoms with Crippen LogP contribution in [0, 0.1) is 12.8 Å². The number of benzene rings is 2. The number of alkyl halides is 3. The molecule has 1 saturated heterocycles. The van der Waals surface area contributed by atoms with Gasteiger partial charge in [0.25, 0.3) is 5.91 Å². The molecule has 0 aromatic heterocycles. The number of rotatable bonds is 8. The molecule has 0 radical (unpaired) electrons. The molecule has 3 atom stereocenters. The minimum Gasteiger partial charge on any atom is -0.376 e. The second kappa shape index (κ2) is 12.5. The molecule has 12 heteroatoms. The van der Waals surface area contributed by atoms with Gasteiger partial charge in [-0.1, -0.05) is 12.1 Å². The van der Waals surface area contributed by atoms with Gasteiger partial charge in [0.1, 0.15) is 0 Å². The number of halogens is 3. The van der Waals surface area contributed by atoms with Crippen LogP contribution in [0.15, 0.2) is 53.2 Å². The Morgan fingerprint density at radius 3 is 2.73 bits per heavy atom. The number of anilines is 2. The van der Waals surface area contributed by atoms with Crippen molar-refractivity contribution in [1.82, 2.24) is 26.2 Å². The third-order valence-corrected chi connectivity index (χ3v) is 7.89. The Hall–Kier alpha value is -3.61. The number of aryl methyl sites for hydroxylation is 1. The van der Waals surface area contributed by atoms with E-state index in [0.717, 1.165) is 43.4 Å². The molecule has 0 aliphatic carbocycles. The molecule has 1 amide bonds. The molecule has 3 aliphatic rings. The Bertz CT molecular complexity index is 1310. The van der Waals surface area contributed by atoms with Gasteiger partial charge in [0, 0.05) is 74.4 Å². The molecule has 2 aromatic rings. The summed E-state index contributed by atoms with van der Waals surface area (Å²) >= 11 is 0. The quantitative estimate of drug-likeness (QED) is 0.290. The summed E-state index contributed by atoms with van der Waals surface area (Å²) in [7, 11) is 1.86. The van der Waals surface area contributed by atoms with E-state index in [4.69, 9.17) is 0 Å². The van der Waals surface area contributed by atoms with Crippen LogP contribution in [0.1, 0.15) is 33.5 Å². The Morgan fingerprint density at radius 1 is 1.20 bits per heavy atom. The lowest BCUT2D eigenvalue weighted by Gasteiger charge is -2.31. The van der Waals surface area contributed by atoms with E-state index in [2.05, 4.69) is 36.9 Å². The van der Waals surface area contributed by atoms with Gasteiger partial charge in [0.05, 0.1) is 11.9 Å². The van der Waals surface area contributed by atoms with E-state index < -0.39 is 17.6 Å². The first kappa shape index (κ1) is 28.9. The van der Waals surface area contributed by atoms with Crippen molar-refractivity contribution in [3.63, 3.8) is 0 Å². The summed E-state index contributed by atoms with van der Waals surface area (Å²) in [6.45, 7) is 5.85. The first-order chi connectivity index (χ1) is 19.7. The number of aliphatic imine (C=N–C) groups is 1. The van der Waals surface area contributed by atoms with Crippen LogP contribution in [0.5, 0.6) is 0 Å². The molecule has 0 bridgehead atoms. The predicted molar refractivity (Wildman–Crippen MR) is 155 cm³/mol. The molecule has 2 unspecified atom stereocenters. The molecular formula is C29H37F3N8O. The second-order valence-electron chi connectivity index (χ2n) is 10.8. The maximum atomic E-state index is 14.0. The number of amides is 1. The molecule has 6 N–H and O–H groups in total. The van der Waals surface area contributed by atoms with E-state index in [1.54, 1.807) is 18.5 Å². The average molecular weight is 571 g/mol. The van der Waals surface area contributed by atoms with Crippen LogP contribution in [0.3, 0.4) is 0 Å². The first-order valence-electron chi connectivity index (χ1n) is 13.9. The van der Waals surface area contributed by atoms with E-state index in [1.807, 2.05) is 31.1 Å². The Morgan fingerprint density at radius 2 is 2.05 bits per heavy atom. The molecule has 3 heterocycles. The zero-order valence-electron chi connectivity index (χ0n) is 23.2. The number of likely N-dealkylation sites (N-methyl/N-ethyl adjacent to an activating group) is 1. The van der Waals surface area contributed by atoms with Crippen molar-refractivity contribution in [2.75, 3.05) is 50.4 Å². The third-order valence-electron chi connectivity index (χ3n) is 7.89. The van der Waals surface area contributed by atoms with E-state index >= 15 is 0 Å². The monoisotopic (exact) mass is 570 g/mol. The van der Waals surface area contributed by atoms with Gasteiger partial charge in [0.15, 0.2) is 6.29 Å². The lowest BCUT2D eigenvalue weighted by molar-refractivity contribution is -0.138. The summed E-state index contributed by atoms with van der Waals surface area (Å²) in [6, 6.07) is 9.48. The summed E-state index contributed by atoms with van der Waals surface area (Å²) in [6.07, 6.45) is -0.163. The van der Waals surface area contributed by atoms with Crippen molar-refractivity contribution in [3.8, 4) is 0 Å². The molecular weight excluding hydrogens is 533 g/mol. The smallest absolute Gasteiger partial charge is 0.376 e. The molecule has 5 rings (SSSR count). The highest BCUT2D eigenvalue weighted by Crippen LogP contribution is 2.34. The normalized spacial score (nSPS) is 23.0. The third kappa shape index (κ3) is 7.19. The van der Waals surface area contributed by atoms with Crippen LogP contribution in [0.25, 0.3) is 0 Å². The van der Waals surface area contributed by atoms with Crippen LogP contribution < -0.4 is 31.9 Å². The van der Waals surface area contributed by atoms with Gasteiger partial charge in [-0.25, -0.2) is 0 Å². The molecule has 9 nitrogen and oxygen atoms in total. The Labute approximate surface area is 238 Å². The zero-order chi connectivity index (χ0) is 29.0. The number of carbonyl (C=O) groups is 1. The molecule has 220 valence electrons. The van der Waals surface area contributed by atoms with E-state index in [-0.39, 0.29) is 30.0 Å². The van der Waals surface area contributed by atoms with Crippen molar-refractivity contribution >= 4 is 23.6 Å². The number of likely N-dealkylation sites (tertiary alicyclic amines) is 1. The number of nitrogens with one attached hydrogen (secondary N) is 6. The Balaban J connectivity index is 1.24. The number of carbonyl (C=O) groups excluding carboxylic acids is 1. The topological polar surface area (TPSA) is 105 Å². The SMILES string of the molecule is CN[C@H]1CCN(Cc2ccc(C(=O)Nc3ccc(C)c(NC4NC=C(C5CN=CNC5)CN4)c3)cc2C(F)(F)F)C1. The second-order valence-corrected chi connectivity index (χ2v) is 10.8. The molecule has 3 aliphatic heterocycles. The Kier molecular flexibility index (Phi) is 8.81. The molecule has 0 saturated carbocycles. The zero-order valence-corrected chi connectivity index (χ0v) is 23.2. The van der Waals surface area contributed by atoms with Crippen LogP contribution in [0.2, 0.25) is 0 Å². The van der Waals surface area contributed by atoms with Gasteiger partial charge >= 0.3 is 6.18 Å². The number of nitrogens with zero attached hydrogens (tertiary/aromatic N) is 2. The minimum atomic E-state index is -4.57. The predicted octanol–water partition coefficient (Wildman–Crippen LogP) is 3.08. The summed E-state index contributed by atoms with van der Waals surface area (Å²) in [5, 5.41) is 19.2. The fourth-order valence-electron chi connectivity index (χ4n) is 5.41. The number of hydrogen-bond donors (Lipinski definition) is 6. The van der Waals surface area contributed by atoms with Gasteiger partial charge in [-0.2, -0.15) is 13.2 Å². The van der Waals surface area contributed by atoms with E-state index in [9.17, 15) is 18.0 Å². The van der Waals surface area contributed by atoms with Gasteiger partial charge in [0.2, 0.25) is 0 Å². The van der Waals surface area contributed by atoms with E-state index in [1.165, 1.54) is 17.7 Å². The fourth-order valence-corrected chi connectivity index (χ4v) is 5.41. The van der Waals surface area contributed by atoms with Gasteiger partial charge in [-0.05, 0) is 61.4 Å². The standard InChI is InChI=1S/C29H37F3N8O/c1-18-3-6-23(10-26(18)39-28-36-13-22(14-37-28)21-11-34-17-35-12-21)38-27(41)19-4-5-20(25(9-19)29(30,31)32)15-40-8-7-24(16-40)33-2/h3-6,9-10,13,17,21,24,28,33,36-37,39H,7-8,11-12,14-16H2,1-2H3,(H,34,35)(H,38,41)/t24-,28?/m0/s1. The van der Waals surface area contributed by atoms with Crippen molar-refractivity contribution < 1.29 is 18.0 Å². The van der Waals surface area contributed by atoms with E-state index in [0.29, 0.717) is 24.7 Å². The summed E-state index contributed by atoms with van der Waals surface area (Å²) in [5.41, 5.74) is 2.81. The average Bonchev–Trinajstić information content (AvgIpc) is 3.43. The maximum absolute atomic E-state index is 14.0.